The zero-order valence-electron chi connectivity index (χ0n) is 15.2. The van der Waals surface area contributed by atoms with E-state index in [1.54, 1.807) is 18.3 Å². The third-order valence-electron chi connectivity index (χ3n) is 5.05. The Bertz CT molecular complexity index is 911. The van der Waals surface area contributed by atoms with Crippen molar-refractivity contribution in [2.45, 2.75) is 19.3 Å². The number of carbonyl (C=O) groups is 1. The number of halogens is 1. The van der Waals surface area contributed by atoms with Gasteiger partial charge in [0.2, 0.25) is 5.91 Å². The van der Waals surface area contributed by atoms with Gasteiger partial charge >= 0.3 is 0 Å². The summed E-state index contributed by atoms with van der Waals surface area (Å²) in [7, 11) is 0. The van der Waals surface area contributed by atoms with Crippen molar-refractivity contribution in [3.05, 3.63) is 53.4 Å². The Morgan fingerprint density at radius 2 is 2.18 bits per heavy atom. The molecule has 0 bridgehead atoms. The molecule has 1 aliphatic heterocycles. The van der Waals surface area contributed by atoms with Crippen LogP contribution in [0.2, 0.25) is 0 Å². The van der Waals surface area contributed by atoms with Crippen LogP contribution in [0.4, 0.5) is 9.52 Å². The first-order chi connectivity index (χ1) is 13.7. The maximum atomic E-state index is 13.1. The molecule has 8 heteroatoms. The minimum Gasteiger partial charge on any atom is -0.356 e. The average Bonchev–Trinajstić information content (AvgIpc) is 3.36. The summed E-state index contributed by atoms with van der Waals surface area (Å²) in [6, 6.07) is 8.05. The van der Waals surface area contributed by atoms with Crippen molar-refractivity contribution in [2.75, 3.05) is 18.4 Å². The molecule has 0 saturated carbocycles. The van der Waals surface area contributed by atoms with Crippen molar-refractivity contribution < 1.29 is 13.7 Å². The number of hydrogen-bond acceptors (Lipinski definition) is 6. The predicted molar refractivity (Wildman–Crippen MR) is 105 cm³/mol. The number of thiazole rings is 1. The van der Waals surface area contributed by atoms with Crippen molar-refractivity contribution in [1.82, 2.24) is 15.5 Å². The number of carbonyl (C=O) groups excluding carboxylic acids is 1. The monoisotopic (exact) mass is 400 g/mol. The number of nitrogens with zero attached hydrogens (tertiary/aromatic N) is 2. The number of hydrogen-bond donors (Lipinski definition) is 2. The maximum absolute atomic E-state index is 13.1. The molecule has 3 heterocycles. The molecule has 2 aromatic heterocycles. The third-order valence-corrected chi connectivity index (χ3v) is 5.74. The zero-order chi connectivity index (χ0) is 19.3. The van der Waals surface area contributed by atoms with Crippen LogP contribution in [-0.4, -0.2) is 29.1 Å². The van der Waals surface area contributed by atoms with Crippen molar-refractivity contribution in [3.63, 3.8) is 0 Å². The van der Waals surface area contributed by atoms with Crippen molar-refractivity contribution in [2.24, 2.45) is 11.8 Å². The van der Waals surface area contributed by atoms with Gasteiger partial charge in [0.25, 0.3) is 0 Å². The lowest BCUT2D eigenvalue weighted by atomic mass is 9.81. The molecule has 1 aliphatic rings. The van der Waals surface area contributed by atoms with Gasteiger partial charge in [-0.25, -0.2) is 9.37 Å². The molecule has 28 heavy (non-hydrogen) atoms. The number of aromatic nitrogens is 2. The Kier molecular flexibility index (Phi) is 5.78. The van der Waals surface area contributed by atoms with Gasteiger partial charge in [0.05, 0.1) is 5.69 Å². The van der Waals surface area contributed by atoms with Crippen LogP contribution >= 0.6 is 11.3 Å². The Hall–Kier alpha value is -2.58. The Balaban J connectivity index is 1.39. The number of anilines is 1. The molecule has 1 fully saturated rings. The highest BCUT2D eigenvalue weighted by atomic mass is 32.1. The van der Waals surface area contributed by atoms with Crippen LogP contribution in [0.25, 0.3) is 11.3 Å². The van der Waals surface area contributed by atoms with Crippen LogP contribution in [0, 0.1) is 17.7 Å². The predicted octanol–water partition coefficient (Wildman–Crippen LogP) is 3.73. The maximum Gasteiger partial charge on any atom is 0.226 e. The minimum atomic E-state index is -0.282. The largest absolute Gasteiger partial charge is 0.356 e. The molecular weight excluding hydrogens is 379 g/mol. The second-order valence-electron chi connectivity index (χ2n) is 7.00. The van der Waals surface area contributed by atoms with Gasteiger partial charge in [0.1, 0.15) is 5.82 Å². The molecule has 2 atom stereocenters. The number of rotatable bonds is 6. The molecule has 0 unspecified atom stereocenters. The lowest BCUT2D eigenvalue weighted by Gasteiger charge is -2.31. The third kappa shape index (κ3) is 4.63. The van der Waals surface area contributed by atoms with Crippen LogP contribution in [0.3, 0.4) is 0 Å². The van der Waals surface area contributed by atoms with E-state index in [2.05, 4.69) is 20.8 Å². The normalized spacial score (nSPS) is 19.5. The van der Waals surface area contributed by atoms with Gasteiger partial charge in [-0.15, -0.1) is 11.3 Å². The van der Waals surface area contributed by atoms with Crippen LogP contribution in [0.15, 0.2) is 46.4 Å². The van der Waals surface area contributed by atoms with Crippen LogP contribution in [0.1, 0.15) is 18.5 Å². The number of piperidine rings is 1. The molecule has 3 aromatic rings. The topological polar surface area (TPSA) is 80.0 Å². The molecular formula is C20H21FN4O2S. The highest BCUT2D eigenvalue weighted by Gasteiger charge is 2.28. The van der Waals surface area contributed by atoms with E-state index in [1.807, 2.05) is 11.4 Å². The number of nitrogens with one attached hydrogen (secondary N) is 2. The summed E-state index contributed by atoms with van der Waals surface area (Å²) in [6.07, 6.45) is 3.82. The fraction of sp³-hybridized carbons (Fsp3) is 0.350. The van der Waals surface area contributed by atoms with E-state index in [4.69, 9.17) is 4.52 Å². The molecule has 1 saturated heterocycles. The summed E-state index contributed by atoms with van der Waals surface area (Å²) in [5.74, 6) is 0.903. The molecule has 0 spiro atoms. The van der Waals surface area contributed by atoms with E-state index in [9.17, 15) is 9.18 Å². The van der Waals surface area contributed by atoms with E-state index < -0.39 is 0 Å². The lowest BCUT2D eigenvalue weighted by Crippen LogP contribution is -2.39. The second kappa shape index (κ2) is 8.62. The van der Waals surface area contributed by atoms with Crippen LogP contribution in [-0.2, 0) is 11.2 Å². The van der Waals surface area contributed by atoms with Gasteiger partial charge in [-0.3, -0.25) is 4.79 Å². The first-order valence-corrected chi connectivity index (χ1v) is 10.2. The van der Waals surface area contributed by atoms with Gasteiger partial charge in [0.15, 0.2) is 10.9 Å². The molecule has 0 aliphatic carbocycles. The van der Waals surface area contributed by atoms with Gasteiger partial charge in [-0.1, -0.05) is 5.16 Å². The smallest absolute Gasteiger partial charge is 0.226 e. The summed E-state index contributed by atoms with van der Waals surface area (Å²) in [5.41, 5.74) is 1.64. The molecule has 146 valence electrons. The van der Waals surface area contributed by atoms with Gasteiger partial charge < -0.3 is 15.2 Å². The second-order valence-corrected chi connectivity index (χ2v) is 7.89. The highest BCUT2D eigenvalue weighted by Crippen LogP contribution is 2.28. The zero-order valence-corrected chi connectivity index (χ0v) is 16.0. The van der Waals surface area contributed by atoms with E-state index >= 15 is 0 Å². The summed E-state index contributed by atoms with van der Waals surface area (Å²) >= 11 is 1.42. The molecule has 6 nitrogen and oxygen atoms in total. The quantitative estimate of drug-likeness (QED) is 0.659. The van der Waals surface area contributed by atoms with Crippen LogP contribution < -0.4 is 10.6 Å². The van der Waals surface area contributed by atoms with E-state index in [0.717, 1.165) is 37.2 Å². The first-order valence-electron chi connectivity index (χ1n) is 9.29. The highest BCUT2D eigenvalue weighted by molar-refractivity contribution is 7.13. The Morgan fingerprint density at radius 3 is 2.96 bits per heavy atom. The SMILES string of the molecule is O=C(C[C@@H]1CCNC[C@H]1Cc1cc(-c2ccc(F)cc2)on1)Nc1nccs1. The van der Waals surface area contributed by atoms with Crippen LogP contribution in [0.5, 0.6) is 0 Å². The van der Waals surface area contributed by atoms with E-state index in [-0.39, 0.29) is 17.6 Å². The van der Waals surface area contributed by atoms with Gasteiger partial charge in [-0.2, -0.15) is 0 Å². The van der Waals surface area contributed by atoms with E-state index in [0.29, 0.717) is 23.2 Å². The number of amides is 1. The fourth-order valence-corrected chi connectivity index (χ4v) is 4.15. The Labute approximate surface area is 166 Å². The molecule has 1 amide bonds. The summed E-state index contributed by atoms with van der Waals surface area (Å²) in [5, 5.41) is 12.9. The standard InChI is InChI=1S/C20H21FN4O2S/c21-16-3-1-13(2-4-16)18-11-17(25-27-18)9-15-12-22-6-5-14(15)10-19(26)24-20-23-7-8-28-20/h1-4,7-8,11,14-15,22H,5-6,9-10,12H2,(H,23,24,26)/t14-,15+/m0/s1. The van der Waals surface area contributed by atoms with Crippen molar-refractivity contribution >= 4 is 22.4 Å². The van der Waals surface area contributed by atoms with Crippen molar-refractivity contribution in [3.8, 4) is 11.3 Å². The summed E-state index contributed by atoms with van der Waals surface area (Å²) < 4.78 is 18.5. The fourth-order valence-electron chi connectivity index (χ4n) is 3.61. The first kappa shape index (κ1) is 18.8. The molecule has 4 rings (SSSR count). The Morgan fingerprint density at radius 1 is 1.32 bits per heavy atom. The molecule has 2 N–H and O–H groups in total. The number of benzene rings is 1. The molecule has 1 aromatic carbocycles. The average molecular weight is 400 g/mol. The van der Waals surface area contributed by atoms with Gasteiger partial charge in [0, 0.05) is 29.6 Å². The minimum absolute atomic E-state index is 0.000922. The van der Waals surface area contributed by atoms with Gasteiger partial charge in [-0.05, 0) is 62.0 Å². The summed E-state index contributed by atoms with van der Waals surface area (Å²) in [6.45, 7) is 1.75. The summed E-state index contributed by atoms with van der Waals surface area (Å²) in [4.78, 5) is 16.5. The lowest BCUT2D eigenvalue weighted by molar-refractivity contribution is -0.117. The van der Waals surface area contributed by atoms with Crippen molar-refractivity contribution in [1.29, 1.82) is 0 Å². The van der Waals surface area contributed by atoms with E-state index in [1.165, 1.54) is 23.5 Å². The molecule has 0 radical (unpaired) electrons.